The molecule has 3 aromatic heterocycles. The highest BCUT2D eigenvalue weighted by Crippen LogP contribution is 2.27. The summed E-state index contributed by atoms with van der Waals surface area (Å²) in [6, 6.07) is 4.32. The Morgan fingerprint density at radius 1 is 1.19 bits per heavy atom. The van der Waals surface area contributed by atoms with E-state index >= 15 is 0 Å². The molecule has 1 unspecified atom stereocenters. The maximum atomic E-state index is 4.70. The molecule has 3 aromatic rings. The van der Waals surface area contributed by atoms with E-state index in [4.69, 9.17) is 4.98 Å². The molecular weight excluding hydrogens is 424 g/mol. The number of imidazole rings is 1. The lowest BCUT2D eigenvalue weighted by molar-refractivity contribution is 0.270. The zero-order valence-electron chi connectivity index (χ0n) is 16.4. The van der Waals surface area contributed by atoms with Crippen LogP contribution in [0.5, 0.6) is 0 Å². The van der Waals surface area contributed by atoms with Gasteiger partial charge >= 0.3 is 0 Å². The predicted octanol–water partition coefficient (Wildman–Crippen LogP) is 4.79. The lowest BCUT2D eigenvalue weighted by Crippen LogP contribution is -2.23. The molecule has 146 valence electrons. The standard InChI is InChI=1S/C19H27BrN6S/c1-5-7-10-26-18(16(6-2)24(3)4)22-23-19(26)27-13-15-12-25-11-14(20)8-9-17(25)21-15/h8-9,11-12,16H,5-7,10,13H2,1-4H3. The van der Waals surface area contributed by atoms with Gasteiger partial charge in [0.25, 0.3) is 0 Å². The van der Waals surface area contributed by atoms with Crippen LogP contribution in [-0.4, -0.2) is 43.1 Å². The molecule has 0 saturated heterocycles. The number of rotatable bonds is 9. The van der Waals surface area contributed by atoms with Gasteiger partial charge in [0.15, 0.2) is 11.0 Å². The van der Waals surface area contributed by atoms with Crippen molar-refractivity contribution in [3.05, 3.63) is 40.5 Å². The second kappa shape index (κ2) is 9.21. The number of hydrogen-bond acceptors (Lipinski definition) is 5. The van der Waals surface area contributed by atoms with Gasteiger partial charge in [0.1, 0.15) is 5.65 Å². The highest BCUT2D eigenvalue weighted by molar-refractivity contribution is 9.10. The number of pyridine rings is 1. The summed E-state index contributed by atoms with van der Waals surface area (Å²) in [6.07, 6.45) is 7.41. The highest BCUT2D eigenvalue weighted by Gasteiger charge is 2.21. The van der Waals surface area contributed by atoms with Crippen LogP contribution in [0.3, 0.4) is 0 Å². The monoisotopic (exact) mass is 450 g/mol. The summed E-state index contributed by atoms with van der Waals surface area (Å²) in [4.78, 5) is 6.93. The van der Waals surface area contributed by atoms with Crippen LogP contribution in [0.4, 0.5) is 0 Å². The van der Waals surface area contributed by atoms with E-state index in [2.05, 4.69) is 69.7 Å². The van der Waals surface area contributed by atoms with Gasteiger partial charge < -0.3 is 8.97 Å². The van der Waals surface area contributed by atoms with Crippen LogP contribution in [-0.2, 0) is 12.3 Å². The summed E-state index contributed by atoms with van der Waals surface area (Å²) in [5.74, 6) is 1.85. The minimum Gasteiger partial charge on any atom is -0.306 e. The Balaban J connectivity index is 1.81. The van der Waals surface area contributed by atoms with Crippen molar-refractivity contribution in [1.29, 1.82) is 0 Å². The third-order valence-electron chi connectivity index (χ3n) is 4.60. The van der Waals surface area contributed by atoms with Crippen molar-refractivity contribution in [2.45, 2.75) is 56.6 Å². The Morgan fingerprint density at radius 3 is 2.70 bits per heavy atom. The smallest absolute Gasteiger partial charge is 0.191 e. The van der Waals surface area contributed by atoms with Crippen LogP contribution in [0.2, 0.25) is 0 Å². The summed E-state index contributed by atoms with van der Waals surface area (Å²) in [6.45, 7) is 5.38. The SMILES string of the molecule is CCCCn1c(SCc2cn3cc(Br)ccc3n2)nnc1C(CC)N(C)C. The van der Waals surface area contributed by atoms with E-state index in [0.29, 0.717) is 0 Å². The number of nitrogens with zero attached hydrogens (tertiary/aromatic N) is 6. The molecule has 0 N–H and O–H groups in total. The van der Waals surface area contributed by atoms with Crippen LogP contribution in [0.1, 0.15) is 50.7 Å². The van der Waals surface area contributed by atoms with Crippen molar-refractivity contribution in [3.63, 3.8) is 0 Å². The largest absolute Gasteiger partial charge is 0.306 e. The van der Waals surface area contributed by atoms with Gasteiger partial charge in [0, 0.05) is 29.2 Å². The van der Waals surface area contributed by atoms with Crippen molar-refractivity contribution in [1.82, 2.24) is 29.0 Å². The third kappa shape index (κ3) is 4.73. The molecule has 0 aromatic carbocycles. The van der Waals surface area contributed by atoms with E-state index < -0.39 is 0 Å². The molecule has 0 aliphatic carbocycles. The van der Waals surface area contributed by atoms with Gasteiger partial charge in [-0.3, -0.25) is 4.90 Å². The van der Waals surface area contributed by atoms with Gasteiger partial charge in [0.2, 0.25) is 0 Å². The molecule has 8 heteroatoms. The maximum Gasteiger partial charge on any atom is 0.191 e. The topological polar surface area (TPSA) is 51.3 Å². The number of unbranched alkanes of at least 4 members (excludes halogenated alkanes) is 1. The molecular formula is C19H27BrN6S. The zero-order chi connectivity index (χ0) is 19.4. The van der Waals surface area contributed by atoms with Gasteiger partial charge in [-0.1, -0.05) is 32.0 Å². The third-order valence-corrected chi connectivity index (χ3v) is 6.07. The summed E-state index contributed by atoms with van der Waals surface area (Å²) in [7, 11) is 4.21. The fourth-order valence-electron chi connectivity index (χ4n) is 3.18. The van der Waals surface area contributed by atoms with Crippen molar-refractivity contribution < 1.29 is 0 Å². The quantitative estimate of drug-likeness (QED) is 0.438. The first-order valence-corrected chi connectivity index (χ1v) is 11.2. The van der Waals surface area contributed by atoms with Crippen molar-refractivity contribution >= 4 is 33.3 Å². The van der Waals surface area contributed by atoms with E-state index in [1.54, 1.807) is 11.8 Å². The van der Waals surface area contributed by atoms with Gasteiger partial charge in [-0.2, -0.15) is 0 Å². The molecule has 1 atom stereocenters. The Kier molecular flexibility index (Phi) is 6.94. The molecule has 6 nitrogen and oxygen atoms in total. The highest BCUT2D eigenvalue weighted by atomic mass is 79.9. The van der Waals surface area contributed by atoms with Crippen LogP contribution < -0.4 is 0 Å². The van der Waals surface area contributed by atoms with E-state index in [0.717, 1.165) is 58.4 Å². The van der Waals surface area contributed by atoms with Gasteiger partial charge in [-0.15, -0.1) is 10.2 Å². The van der Waals surface area contributed by atoms with Crippen LogP contribution in [0, 0.1) is 0 Å². The van der Waals surface area contributed by atoms with Gasteiger partial charge in [0.05, 0.1) is 11.7 Å². The van der Waals surface area contributed by atoms with Gasteiger partial charge in [-0.05, 0) is 55.0 Å². The summed E-state index contributed by atoms with van der Waals surface area (Å²) in [5, 5.41) is 10.0. The molecule has 0 amide bonds. The summed E-state index contributed by atoms with van der Waals surface area (Å²) < 4.78 is 5.39. The normalized spacial score (nSPS) is 13.0. The molecule has 0 radical (unpaired) electrons. The molecule has 3 heterocycles. The average Bonchev–Trinajstić information content (AvgIpc) is 3.21. The molecule has 0 saturated carbocycles. The number of halogens is 1. The summed E-state index contributed by atoms with van der Waals surface area (Å²) in [5.41, 5.74) is 2.00. The molecule has 3 rings (SSSR count). The first kappa shape index (κ1) is 20.4. The van der Waals surface area contributed by atoms with Crippen molar-refractivity contribution in [2.24, 2.45) is 0 Å². The molecule has 0 fully saturated rings. The Hall–Kier alpha value is -1.38. The predicted molar refractivity (Wildman–Crippen MR) is 114 cm³/mol. The van der Waals surface area contributed by atoms with Crippen LogP contribution >= 0.6 is 27.7 Å². The minimum absolute atomic E-state index is 0.288. The minimum atomic E-state index is 0.288. The number of thioether (sulfide) groups is 1. The molecule has 0 bridgehead atoms. The maximum absolute atomic E-state index is 4.70. The van der Waals surface area contributed by atoms with Crippen molar-refractivity contribution in [3.8, 4) is 0 Å². The van der Waals surface area contributed by atoms with Crippen LogP contribution in [0.25, 0.3) is 5.65 Å². The van der Waals surface area contributed by atoms with E-state index in [9.17, 15) is 0 Å². The number of aromatic nitrogens is 5. The average molecular weight is 451 g/mol. The van der Waals surface area contributed by atoms with Gasteiger partial charge in [-0.25, -0.2) is 4.98 Å². The second-order valence-corrected chi connectivity index (χ2v) is 8.73. The van der Waals surface area contributed by atoms with Crippen molar-refractivity contribution in [2.75, 3.05) is 14.1 Å². The molecule has 27 heavy (non-hydrogen) atoms. The fourth-order valence-corrected chi connectivity index (χ4v) is 4.39. The second-order valence-electron chi connectivity index (χ2n) is 6.87. The lowest BCUT2D eigenvalue weighted by atomic mass is 10.2. The molecule has 0 aliphatic rings. The molecule has 0 spiro atoms. The lowest BCUT2D eigenvalue weighted by Gasteiger charge is -2.23. The first-order chi connectivity index (χ1) is 13.0. The molecule has 0 aliphatic heterocycles. The zero-order valence-corrected chi connectivity index (χ0v) is 18.8. The Morgan fingerprint density at radius 2 is 2.00 bits per heavy atom. The van der Waals surface area contributed by atoms with E-state index in [-0.39, 0.29) is 6.04 Å². The first-order valence-electron chi connectivity index (χ1n) is 9.39. The number of hydrogen-bond donors (Lipinski definition) is 0. The van der Waals surface area contributed by atoms with E-state index in [1.807, 2.05) is 22.7 Å². The summed E-state index contributed by atoms with van der Waals surface area (Å²) >= 11 is 5.22. The number of fused-ring (bicyclic) bond motifs is 1. The Bertz CT molecular complexity index is 888. The Labute approximate surface area is 173 Å². The van der Waals surface area contributed by atoms with E-state index in [1.165, 1.54) is 0 Å². The fraction of sp³-hybridized carbons (Fsp3) is 0.526. The van der Waals surface area contributed by atoms with Crippen LogP contribution in [0.15, 0.2) is 34.2 Å².